The smallest absolute Gasteiger partial charge is 0.0821 e. The lowest BCUT2D eigenvalue weighted by Gasteiger charge is -2.03. The van der Waals surface area contributed by atoms with Gasteiger partial charge in [0.2, 0.25) is 0 Å². The van der Waals surface area contributed by atoms with Gasteiger partial charge in [0.25, 0.3) is 0 Å². The van der Waals surface area contributed by atoms with Gasteiger partial charge in [-0.1, -0.05) is 17.7 Å². The summed E-state index contributed by atoms with van der Waals surface area (Å²) in [4.78, 5) is 0. The molecule has 0 saturated carbocycles. The molecule has 0 fully saturated rings. The van der Waals surface area contributed by atoms with E-state index in [2.05, 4.69) is 21.9 Å². The monoisotopic (exact) mass is 302 g/mol. The normalized spacial score (nSPS) is 13.0. The molecule has 21 heavy (non-hydrogen) atoms. The fourth-order valence-electron chi connectivity index (χ4n) is 2.70. The standard InChI is InChI=1S/C16H19ClN4/c1-11(18)7-12-9-21(10-14-5-6-20(2)19-14)16-8-13(17)3-4-15(12)16/h3-6,8-9,11H,7,10,18H2,1-2H3. The van der Waals surface area contributed by atoms with Crippen molar-refractivity contribution in [2.45, 2.75) is 25.9 Å². The van der Waals surface area contributed by atoms with Crippen molar-refractivity contribution in [3.05, 3.63) is 52.9 Å². The lowest BCUT2D eigenvalue weighted by molar-refractivity contribution is 0.710. The van der Waals surface area contributed by atoms with Gasteiger partial charge in [0.05, 0.1) is 17.8 Å². The molecular formula is C16H19ClN4. The molecule has 0 aliphatic heterocycles. The van der Waals surface area contributed by atoms with Gasteiger partial charge in [-0.05, 0) is 37.1 Å². The molecule has 1 aromatic carbocycles. The van der Waals surface area contributed by atoms with Gasteiger partial charge in [-0.2, -0.15) is 5.10 Å². The number of halogens is 1. The number of hydrogen-bond donors (Lipinski definition) is 1. The molecule has 110 valence electrons. The van der Waals surface area contributed by atoms with Gasteiger partial charge in [0.15, 0.2) is 0 Å². The molecule has 4 nitrogen and oxygen atoms in total. The Hall–Kier alpha value is -1.78. The number of benzene rings is 1. The van der Waals surface area contributed by atoms with Gasteiger partial charge in [0.1, 0.15) is 0 Å². The van der Waals surface area contributed by atoms with E-state index in [0.717, 1.165) is 29.2 Å². The Labute approximate surface area is 129 Å². The maximum atomic E-state index is 6.15. The van der Waals surface area contributed by atoms with Gasteiger partial charge in [0, 0.05) is 35.9 Å². The van der Waals surface area contributed by atoms with Crippen LogP contribution in [0.25, 0.3) is 10.9 Å². The summed E-state index contributed by atoms with van der Waals surface area (Å²) >= 11 is 6.15. The molecule has 0 spiro atoms. The zero-order valence-corrected chi connectivity index (χ0v) is 13.0. The summed E-state index contributed by atoms with van der Waals surface area (Å²) in [5.41, 5.74) is 9.37. The van der Waals surface area contributed by atoms with E-state index in [9.17, 15) is 0 Å². The SMILES string of the molecule is CC(N)Cc1cn(Cc2ccn(C)n2)c2cc(Cl)ccc12. The van der Waals surface area contributed by atoms with Crippen LogP contribution in [0, 0.1) is 0 Å². The van der Waals surface area contributed by atoms with E-state index in [1.54, 1.807) is 0 Å². The molecule has 0 aliphatic carbocycles. The molecule has 2 heterocycles. The third-order valence-electron chi connectivity index (χ3n) is 3.57. The van der Waals surface area contributed by atoms with E-state index in [-0.39, 0.29) is 6.04 Å². The van der Waals surface area contributed by atoms with Gasteiger partial charge in [-0.15, -0.1) is 0 Å². The average molecular weight is 303 g/mol. The highest BCUT2D eigenvalue weighted by molar-refractivity contribution is 6.31. The Kier molecular flexibility index (Phi) is 3.74. The van der Waals surface area contributed by atoms with Crippen molar-refractivity contribution in [3.63, 3.8) is 0 Å². The number of nitrogens with two attached hydrogens (primary N) is 1. The second-order valence-corrected chi connectivity index (χ2v) is 6.04. The van der Waals surface area contributed by atoms with Gasteiger partial charge in [-0.3, -0.25) is 4.68 Å². The summed E-state index contributed by atoms with van der Waals surface area (Å²) in [7, 11) is 1.93. The van der Waals surface area contributed by atoms with Crippen molar-refractivity contribution in [2.75, 3.05) is 0 Å². The van der Waals surface area contributed by atoms with Gasteiger partial charge < -0.3 is 10.3 Å². The predicted molar refractivity (Wildman–Crippen MR) is 86.6 cm³/mol. The zero-order valence-electron chi connectivity index (χ0n) is 12.3. The molecule has 3 aromatic rings. The lowest BCUT2D eigenvalue weighted by atomic mass is 10.1. The first-order chi connectivity index (χ1) is 10.0. The van der Waals surface area contributed by atoms with Crippen LogP contribution in [0.1, 0.15) is 18.2 Å². The number of aryl methyl sites for hydroxylation is 1. The summed E-state index contributed by atoms with van der Waals surface area (Å²) < 4.78 is 4.01. The maximum Gasteiger partial charge on any atom is 0.0821 e. The van der Waals surface area contributed by atoms with Gasteiger partial charge >= 0.3 is 0 Å². The van der Waals surface area contributed by atoms with E-state index >= 15 is 0 Å². The van der Waals surface area contributed by atoms with Gasteiger partial charge in [-0.25, -0.2) is 0 Å². The fraction of sp³-hybridized carbons (Fsp3) is 0.312. The minimum Gasteiger partial charge on any atom is -0.341 e. The van der Waals surface area contributed by atoms with Crippen LogP contribution in [0.15, 0.2) is 36.7 Å². The van der Waals surface area contributed by atoms with E-state index in [0.29, 0.717) is 0 Å². The van der Waals surface area contributed by atoms with Crippen LogP contribution in [0.4, 0.5) is 0 Å². The second kappa shape index (κ2) is 5.54. The summed E-state index contributed by atoms with van der Waals surface area (Å²) in [6, 6.07) is 8.17. The molecule has 3 rings (SSSR count). The number of nitrogens with zero attached hydrogens (tertiary/aromatic N) is 3. The fourth-order valence-corrected chi connectivity index (χ4v) is 2.87. The Morgan fingerprint density at radius 1 is 1.33 bits per heavy atom. The topological polar surface area (TPSA) is 48.8 Å². The van der Waals surface area contributed by atoms with Crippen LogP contribution in [-0.4, -0.2) is 20.4 Å². The van der Waals surface area contributed by atoms with Crippen molar-refractivity contribution in [2.24, 2.45) is 12.8 Å². The molecule has 0 saturated heterocycles. The predicted octanol–water partition coefficient (Wildman–Crippen LogP) is 2.97. The molecular weight excluding hydrogens is 284 g/mol. The molecule has 1 unspecified atom stereocenters. The largest absolute Gasteiger partial charge is 0.341 e. The second-order valence-electron chi connectivity index (χ2n) is 5.61. The Bertz CT molecular complexity index is 770. The quantitative estimate of drug-likeness (QED) is 0.805. The number of aromatic nitrogens is 3. The summed E-state index contributed by atoms with van der Waals surface area (Å²) in [5, 5.41) is 6.40. The Morgan fingerprint density at radius 3 is 2.81 bits per heavy atom. The maximum absolute atomic E-state index is 6.15. The van der Waals surface area contributed by atoms with Crippen LogP contribution in [-0.2, 0) is 20.0 Å². The highest BCUT2D eigenvalue weighted by atomic mass is 35.5. The van der Waals surface area contributed by atoms with Crippen LogP contribution >= 0.6 is 11.6 Å². The minimum atomic E-state index is 0.134. The number of fused-ring (bicyclic) bond motifs is 1. The van der Waals surface area contributed by atoms with Crippen LogP contribution in [0.3, 0.4) is 0 Å². The summed E-state index contributed by atoms with van der Waals surface area (Å²) in [6.07, 6.45) is 4.98. The first-order valence-electron chi connectivity index (χ1n) is 7.04. The summed E-state index contributed by atoms with van der Waals surface area (Å²) in [5.74, 6) is 0. The number of hydrogen-bond acceptors (Lipinski definition) is 2. The van der Waals surface area contributed by atoms with E-state index in [1.165, 1.54) is 10.9 Å². The zero-order chi connectivity index (χ0) is 15.0. The molecule has 0 radical (unpaired) electrons. The molecule has 0 bridgehead atoms. The lowest BCUT2D eigenvalue weighted by Crippen LogP contribution is -2.17. The average Bonchev–Trinajstić information content (AvgIpc) is 2.95. The summed E-state index contributed by atoms with van der Waals surface area (Å²) in [6.45, 7) is 2.76. The number of rotatable bonds is 4. The highest BCUT2D eigenvalue weighted by Gasteiger charge is 2.11. The van der Waals surface area contributed by atoms with Crippen molar-refractivity contribution < 1.29 is 0 Å². The minimum absolute atomic E-state index is 0.134. The molecule has 2 aromatic heterocycles. The molecule has 1 atom stereocenters. The first-order valence-corrected chi connectivity index (χ1v) is 7.42. The molecule has 2 N–H and O–H groups in total. The Balaban J connectivity index is 2.06. The van der Waals surface area contributed by atoms with E-state index in [4.69, 9.17) is 17.3 Å². The van der Waals surface area contributed by atoms with Crippen molar-refractivity contribution in [1.29, 1.82) is 0 Å². The van der Waals surface area contributed by atoms with Crippen LogP contribution in [0.2, 0.25) is 5.02 Å². The van der Waals surface area contributed by atoms with Crippen molar-refractivity contribution in [3.8, 4) is 0 Å². The van der Waals surface area contributed by atoms with Crippen LogP contribution < -0.4 is 5.73 Å². The third kappa shape index (κ3) is 2.96. The Morgan fingerprint density at radius 2 is 2.14 bits per heavy atom. The first kappa shape index (κ1) is 14.2. The van der Waals surface area contributed by atoms with Crippen LogP contribution in [0.5, 0.6) is 0 Å². The highest BCUT2D eigenvalue weighted by Crippen LogP contribution is 2.26. The van der Waals surface area contributed by atoms with E-state index in [1.807, 2.05) is 43.0 Å². The molecule has 5 heteroatoms. The van der Waals surface area contributed by atoms with E-state index < -0.39 is 0 Å². The molecule has 0 amide bonds. The third-order valence-corrected chi connectivity index (χ3v) is 3.81. The van der Waals surface area contributed by atoms with Crippen molar-refractivity contribution in [1.82, 2.24) is 14.3 Å². The molecule has 0 aliphatic rings. The van der Waals surface area contributed by atoms with Crippen molar-refractivity contribution >= 4 is 22.5 Å².